The Bertz CT molecular complexity index is 719. The molecule has 2 N–H and O–H groups in total. The number of nitrogens with one attached hydrogen (secondary N) is 2. The monoisotopic (exact) mass is 528 g/mol. The predicted molar refractivity (Wildman–Crippen MR) is 133 cm³/mol. The second-order valence-electron chi connectivity index (χ2n) is 8.22. The Morgan fingerprint density at radius 3 is 2.73 bits per heavy atom. The van der Waals surface area contributed by atoms with E-state index < -0.39 is 0 Å². The van der Waals surface area contributed by atoms with Crippen LogP contribution in [0.25, 0.3) is 0 Å². The van der Waals surface area contributed by atoms with Crippen molar-refractivity contribution in [3.8, 4) is 5.75 Å². The number of benzene rings is 1. The molecule has 1 aromatic rings. The molecule has 168 valence electrons. The van der Waals surface area contributed by atoms with E-state index in [4.69, 9.17) is 9.73 Å². The quantitative estimate of drug-likeness (QED) is 0.323. The first-order chi connectivity index (χ1) is 14.1. The van der Waals surface area contributed by atoms with Crippen LogP contribution in [0.15, 0.2) is 23.2 Å². The normalized spacial score (nSPS) is 19.5. The van der Waals surface area contributed by atoms with E-state index in [2.05, 4.69) is 41.5 Å². The van der Waals surface area contributed by atoms with Gasteiger partial charge in [0.25, 0.3) is 0 Å². The van der Waals surface area contributed by atoms with E-state index in [1.807, 2.05) is 6.07 Å². The molecule has 2 aliphatic rings. The molecule has 2 fully saturated rings. The fraction of sp³-hybridized carbons (Fsp3) is 0.652. The van der Waals surface area contributed by atoms with Crippen molar-refractivity contribution in [2.75, 3.05) is 33.3 Å². The van der Waals surface area contributed by atoms with Gasteiger partial charge in [0.1, 0.15) is 5.75 Å². The summed E-state index contributed by atoms with van der Waals surface area (Å²) < 4.78 is 5.47. The van der Waals surface area contributed by atoms with E-state index in [0.29, 0.717) is 12.5 Å². The third kappa shape index (κ3) is 6.75. The van der Waals surface area contributed by atoms with Crippen LogP contribution in [0.3, 0.4) is 0 Å². The average molecular weight is 528 g/mol. The SMILES string of the molecule is CCNC(=NCCc1cc(C)ccc1OC)NC1CCN(C(=O)C2CCCC2)C1.I. The molecule has 1 heterocycles. The summed E-state index contributed by atoms with van der Waals surface area (Å²) in [5, 5.41) is 6.87. The number of ether oxygens (including phenoxy) is 1. The molecule has 7 heteroatoms. The van der Waals surface area contributed by atoms with E-state index in [1.165, 1.54) is 24.0 Å². The Morgan fingerprint density at radius 2 is 2.03 bits per heavy atom. The van der Waals surface area contributed by atoms with Crippen LogP contribution in [0.4, 0.5) is 0 Å². The minimum absolute atomic E-state index is 0. The second kappa shape index (κ2) is 12.4. The third-order valence-corrected chi connectivity index (χ3v) is 5.98. The molecule has 6 nitrogen and oxygen atoms in total. The Morgan fingerprint density at radius 1 is 1.27 bits per heavy atom. The maximum absolute atomic E-state index is 12.7. The van der Waals surface area contributed by atoms with Crippen molar-refractivity contribution in [1.82, 2.24) is 15.5 Å². The summed E-state index contributed by atoms with van der Waals surface area (Å²) in [4.78, 5) is 19.5. The first-order valence-electron chi connectivity index (χ1n) is 11.1. The molecule has 0 radical (unpaired) electrons. The molecule has 1 unspecified atom stereocenters. The number of halogens is 1. The summed E-state index contributed by atoms with van der Waals surface area (Å²) in [5.41, 5.74) is 2.41. The molecule has 1 aromatic carbocycles. The van der Waals surface area contributed by atoms with Crippen LogP contribution in [0, 0.1) is 12.8 Å². The van der Waals surface area contributed by atoms with Crippen LogP contribution in [0.5, 0.6) is 5.75 Å². The molecule has 0 aromatic heterocycles. The van der Waals surface area contributed by atoms with E-state index in [-0.39, 0.29) is 35.9 Å². The highest BCUT2D eigenvalue weighted by molar-refractivity contribution is 14.0. The number of guanidine groups is 1. The lowest BCUT2D eigenvalue weighted by Gasteiger charge is -2.21. The van der Waals surface area contributed by atoms with E-state index in [9.17, 15) is 4.79 Å². The summed E-state index contributed by atoms with van der Waals surface area (Å²) in [6.45, 7) is 7.31. The molecule has 1 saturated heterocycles. The summed E-state index contributed by atoms with van der Waals surface area (Å²) in [7, 11) is 1.71. The van der Waals surface area contributed by atoms with Gasteiger partial charge in [-0.05, 0) is 51.2 Å². The van der Waals surface area contributed by atoms with Crippen LogP contribution < -0.4 is 15.4 Å². The van der Waals surface area contributed by atoms with Gasteiger partial charge >= 0.3 is 0 Å². The molecule has 1 amide bonds. The Labute approximate surface area is 198 Å². The number of aryl methyl sites for hydroxylation is 1. The largest absolute Gasteiger partial charge is 0.496 e. The fourth-order valence-corrected chi connectivity index (χ4v) is 4.41. The van der Waals surface area contributed by atoms with Gasteiger partial charge < -0.3 is 20.3 Å². The number of hydrogen-bond acceptors (Lipinski definition) is 3. The molecule has 1 atom stereocenters. The number of carbonyl (C=O) groups is 1. The van der Waals surface area contributed by atoms with Crippen molar-refractivity contribution in [3.05, 3.63) is 29.3 Å². The van der Waals surface area contributed by atoms with Crippen molar-refractivity contribution >= 4 is 35.8 Å². The van der Waals surface area contributed by atoms with E-state index in [0.717, 1.165) is 57.0 Å². The first kappa shape index (κ1) is 24.8. The number of hydrogen-bond donors (Lipinski definition) is 2. The van der Waals surface area contributed by atoms with Gasteiger partial charge in [-0.15, -0.1) is 24.0 Å². The zero-order valence-electron chi connectivity index (χ0n) is 18.6. The fourth-order valence-electron chi connectivity index (χ4n) is 4.41. The van der Waals surface area contributed by atoms with Gasteiger partial charge in [-0.2, -0.15) is 0 Å². The number of nitrogens with zero attached hydrogens (tertiary/aromatic N) is 2. The summed E-state index contributed by atoms with van der Waals surface area (Å²) >= 11 is 0. The summed E-state index contributed by atoms with van der Waals surface area (Å²) in [6, 6.07) is 6.52. The Kier molecular flexibility index (Phi) is 10.2. The third-order valence-electron chi connectivity index (χ3n) is 5.98. The van der Waals surface area contributed by atoms with Crippen LogP contribution in [-0.2, 0) is 11.2 Å². The van der Waals surface area contributed by atoms with Gasteiger partial charge in [0.05, 0.1) is 7.11 Å². The van der Waals surface area contributed by atoms with Crippen molar-refractivity contribution < 1.29 is 9.53 Å². The van der Waals surface area contributed by atoms with E-state index >= 15 is 0 Å². The van der Waals surface area contributed by atoms with Crippen molar-refractivity contribution in [1.29, 1.82) is 0 Å². The van der Waals surface area contributed by atoms with Crippen LogP contribution in [0.2, 0.25) is 0 Å². The minimum atomic E-state index is 0. The standard InChI is InChI=1S/C23H36N4O2.HI/c1-4-24-23(25-13-11-19-15-17(2)9-10-21(19)29-3)26-20-12-14-27(16-20)22(28)18-7-5-6-8-18;/h9-10,15,18,20H,4-8,11-14,16H2,1-3H3,(H2,24,25,26);1H. The molecule has 1 aliphatic carbocycles. The van der Waals surface area contributed by atoms with Gasteiger partial charge in [-0.25, -0.2) is 0 Å². The zero-order valence-corrected chi connectivity index (χ0v) is 20.9. The predicted octanol–water partition coefficient (Wildman–Crippen LogP) is 3.51. The molecule has 1 saturated carbocycles. The van der Waals surface area contributed by atoms with Gasteiger partial charge in [0.2, 0.25) is 5.91 Å². The lowest BCUT2D eigenvalue weighted by molar-refractivity contribution is -0.134. The molecular weight excluding hydrogens is 491 g/mol. The average Bonchev–Trinajstić information content (AvgIpc) is 3.40. The van der Waals surface area contributed by atoms with Crippen LogP contribution in [-0.4, -0.2) is 56.1 Å². The molecule has 3 rings (SSSR count). The van der Waals surface area contributed by atoms with Gasteiger partial charge in [0.15, 0.2) is 5.96 Å². The molecule has 1 aliphatic heterocycles. The van der Waals surface area contributed by atoms with Crippen molar-refractivity contribution in [3.63, 3.8) is 0 Å². The Hall–Kier alpha value is -1.51. The number of aliphatic imine (C=N–C) groups is 1. The molecular formula is C23H37IN4O2. The highest BCUT2D eigenvalue weighted by Crippen LogP contribution is 2.27. The first-order valence-corrected chi connectivity index (χ1v) is 11.1. The smallest absolute Gasteiger partial charge is 0.225 e. The minimum Gasteiger partial charge on any atom is -0.496 e. The lowest BCUT2D eigenvalue weighted by Crippen LogP contribution is -2.45. The number of methoxy groups -OCH3 is 1. The number of amides is 1. The lowest BCUT2D eigenvalue weighted by atomic mass is 10.1. The maximum atomic E-state index is 12.7. The second-order valence-corrected chi connectivity index (χ2v) is 8.22. The van der Waals surface area contributed by atoms with Gasteiger partial charge in [-0.1, -0.05) is 30.5 Å². The van der Waals surface area contributed by atoms with Crippen molar-refractivity contribution in [2.45, 2.75) is 58.4 Å². The summed E-state index contributed by atoms with van der Waals surface area (Å²) in [5.74, 6) is 2.38. The highest BCUT2D eigenvalue weighted by atomic mass is 127. The number of carbonyl (C=O) groups excluding carboxylic acids is 1. The van der Waals surface area contributed by atoms with Gasteiger partial charge in [0, 0.05) is 38.1 Å². The summed E-state index contributed by atoms with van der Waals surface area (Å²) in [6.07, 6.45) is 6.36. The molecule has 0 bridgehead atoms. The number of likely N-dealkylation sites (tertiary alicyclic amines) is 1. The zero-order chi connectivity index (χ0) is 20.6. The maximum Gasteiger partial charge on any atom is 0.225 e. The van der Waals surface area contributed by atoms with Crippen LogP contribution >= 0.6 is 24.0 Å². The van der Waals surface area contributed by atoms with Crippen LogP contribution in [0.1, 0.15) is 50.2 Å². The van der Waals surface area contributed by atoms with Crippen molar-refractivity contribution in [2.24, 2.45) is 10.9 Å². The topological polar surface area (TPSA) is 66.0 Å². The van der Waals surface area contributed by atoms with E-state index in [1.54, 1.807) is 7.11 Å². The molecule has 30 heavy (non-hydrogen) atoms. The highest BCUT2D eigenvalue weighted by Gasteiger charge is 2.32. The number of rotatable bonds is 7. The Balaban J connectivity index is 0.00000320. The van der Waals surface area contributed by atoms with Gasteiger partial charge in [-0.3, -0.25) is 9.79 Å². The molecule has 0 spiro atoms.